The fourth-order valence-corrected chi connectivity index (χ4v) is 15.2. The molecule has 124 heavy (non-hydrogen) atoms. The van der Waals surface area contributed by atoms with Gasteiger partial charge in [0.05, 0.1) is 54.6 Å². The molecule has 672 valence electrons. The molecule has 4 heterocycles. The molecular formula is C96H132N12O16. The number of methoxy groups -OCH3 is 4. The second-order valence-electron chi connectivity index (χ2n) is 32.0. The van der Waals surface area contributed by atoms with Gasteiger partial charge < -0.3 is 79.6 Å². The monoisotopic (exact) mass is 1710 g/mol. The Morgan fingerprint density at radius 1 is 0.250 bits per heavy atom. The number of carbonyl (C=O) groups is 4. The minimum Gasteiger partial charge on any atom is -0.493 e. The van der Waals surface area contributed by atoms with E-state index < -0.39 is 24.4 Å². The number of aliphatic hydroxyl groups excluding tert-OH is 4. The Morgan fingerprint density at radius 2 is 0.403 bits per heavy atom. The summed E-state index contributed by atoms with van der Waals surface area (Å²) in [6.45, 7) is 33.3. The van der Waals surface area contributed by atoms with Crippen LogP contribution in [0.1, 0.15) is 44.5 Å². The third-order valence-electron chi connectivity index (χ3n) is 22.2. The van der Waals surface area contributed by atoms with E-state index in [4.69, 9.17) is 37.9 Å². The lowest BCUT2D eigenvalue weighted by molar-refractivity contribution is -0.118. The summed E-state index contributed by atoms with van der Waals surface area (Å²) in [7, 11) is 6.39. The number of nitrogens with zero attached hydrogens (tertiary/aromatic N) is 8. The van der Waals surface area contributed by atoms with Gasteiger partial charge in [-0.15, -0.1) is 0 Å². The second kappa shape index (κ2) is 51.1. The van der Waals surface area contributed by atoms with E-state index >= 15 is 0 Å². The first kappa shape index (κ1) is 97.4. The lowest BCUT2D eigenvalue weighted by Crippen LogP contribution is -2.50. The first-order valence-corrected chi connectivity index (χ1v) is 42.8. The van der Waals surface area contributed by atoms with Crippen LogP contribution in [0.4, 0.5) is 22.7 Å². The number of aryl methyl sites for hydroxylation is 8. The zero-order chi connectivity index (χ0) is 88.9. The number of amides is 4. The summed E-state index contributed by atoms with van der Waals surface area (Å²) in [5.74, 6) is 5.18. The number of hydrogen-bond donors (Lipinski definition) is 8. The zero-order valence-electron chi connectivity index (χ0n) is 74.5. The standard InChI is InChI=1S/4C24H33N3O4/c4*1-18-7-6-8-19(2)24(18)25-23(29)16-27-13-11-26(12-14-27)15-20(28)17-31-22-10-5-4-9-21(22)30-3/h4*4-10,20,28H,11-17H2,1-3H3,(H,25,29). The quantitative estimate of drug-likeness (QED) is 0.0181. The lowest BCUT2D eigenvalue weighted by atomic mass is 10.1. The van der Waals surface area contributed by atoms with Crippen LogP contribution in [0.3, 0.4) is 0 Å². The van der Waals surface area contributed by atoms with Crippen molar-refractivity contribution < 1.29 is 77.5 Å². The molecule has 4 atom stereocenters. The maximum absolute atomic E-state index is 12.5. The molecule has 0 aliphatic carbocycles. The van der Waals surface area contributed by atoms with Crippen LogP contribution in [-0.2, 0) is 19.2 Å². The topological polar surface area (TPSA) is 297 Å². The molecule has 0 aromatic heterocycles. The normalized spacial score (nSPS) is 16.0. The third-order valence-corrected chi connectivity index (χ3v) is 22.2. The molecule has 8 aromatic carbocycles. The van der Waals surface area contributed by atoms with E-state index in [1.54, 1.807) is 28.4 Å². The van der Waals surface area contributed by atoms with Crippen LogP contribution in [0.5, 0.6) is 46.0 Å². The predicted octanol–water partition coefficient (Wildman–Crippen LogP) is 9.23. The van der Waals surface area contributed by atoms with Crippen LogP contribution in [0.25, 0.3) is 0 Å². The molecular weight excluding hydrogens is 1580 g/mol. The molecule has 28 nitrogen and oxygen atoms in total. The van der Waals surface area contributed by atoms with Gasteiger partial charge in [0.15, 0.2) is 46.0 Å². The van der Waals surface area contributed by atoms with Crippen molar-refractivity contribution in [3.05, 3.63) is 214 Å². The number of piperazine rings is 4. The van der Waals surface area contributed by atoms with Gasteiger partial charge in [-0.05, 0) is 148 Å². The SMILES string of the molecule is COc1ccccc1OCC(O)CN1CCN(CC(=O)Nc2c(C)cccc2C)CC1.COc1ccccc1OCC(O)CN1CCN(CC(=O)Nc2c(C)cccc2C)CC1.COc1ccccc1OCC(O)CN1CCN(CC(=O)Nc2c(C)cccc2C)CC1.COc1ccccc1OCC(O)CN1CCN(CC(=O)Nc2c(C)cccc2C)CC1. The van der Waals surface area contributed by atoms with Crippen molar-refractivity contribution in [1.82, 2.24) is 39.2 Å². The summed E-state index contributed by atoms with van der Waals surface area (Å²) < 4.78 is 43.9. The van der Waals surface area contributed by atoms with Crippen LogP contribution in [0.2, 0.25) is 0 Å². The van der Waals surface area contributed by atoms with E-state index in [1.807, 2.05) is 225 Å². The molecule has 0 radical (unpaired) electrons. The number of hydrogen-bond acceptors (Lipinski definition) is 24. The fraction of sp³-hybridized carbons (Fsp3) is 0.458. The highest BCUT2D eigenvalue weighted by atomic mass is 16.5. The van der Waals surface area contributed by atoms with E-state index in [9.17, 15) is 39.6 Å². The molecule has 0 bridgehead atoms. The van der Waals surface area contributed by atoms with Crippen molar-refractivity contribution in [2.24, 2.45) is 0 Å². The van der Waals surface area contributed by atoms with Gasteiger partial charge in [0.25, 0.3) is 0 Å². The highest BCUT2D eigenvalue weighted by Crippen LogP contribution is 2.31. The summed E-state index contributed by atoms with van der Waals surface area (Å²) in [6, 6.07) is 53.7. The number of carbonyl (C=O) groups excluding carboxylic acids is 4. The molecule has 4 aliphatic rings. The number of nitrogens with one attached hydrogen (secondary N) is 4. The van der Waals surface area contributed by atoms with Gasteiger partial charge in [-0.1, -0.05) is 121 Å². The average molecular weight is 1710 g/mol. The number of benzene rings is 8. The molecule has 28 heteroatoms. The van der Waals surface area contributed by atoms with Gasteiger partial charge in [0.2, 0.25) is 23.6 Å². The molecule has 8 aromatic rings. The average Bonchev–Trinajstić information content (AvgIpc) is 0.861. The largest absolute Gasteiger partial charge is 0.493 e. The summed E-state index contributed by atoms with van der Waals surface area (Å²) in [5, 5.41) is 53.7. The summed E-state index contributed by atoms with van der Waals surface area (Å²) >= 11 is 0. The van der Waals surface area contributed by atoms with Crippen molar-refractivity contribution in [3.63, 3.8) is 0 Å². The van der Waals surface area contributed by atoms with Crippen LogP contribution in [-0.4, -0.2) is 320 Å². The molecule has 0 spiro atoms. The Labute approximate surface area is 732 Å². The number of anilines is 4. The molecule has 4 aliphatic heterocycles. The van der Waals surface area contributed by atoms with Crippen molar-refractivity contribution in [2.75, 3.05) is 233 Å². The van der Waals surface area contributed by atoms with Crippen molar-refractivity contribution in [1.29, 1.82) is 0 Å². The van der Waals surface area contributed by atoms with Gasteiger partial charge in [-0.2, -0.15) is 0 Å². The third kappa shape index (κ3) is 32.3. The van der Waals surface area contributed by atoms with Crippen LogP contribution < -0.4 is 59.2 Å². The van der Waals surface area contributed by atoms with Gasteiger partial charge in [0, 0.05) is 154 Å². The zero-order valence-corrected chi connectivity index (χ0v) is 74.5. The molecule has 4 fully saturated rings. The lowest BCUT2D eigenvalue weighted by Gasteiger charge is -2.35. The second-order valence-corrected chi connectivity index (χ2v) is 32.0. The smallest absolute Gasteiger partial charge is 0.238 e. The van der Waals surface area contributed by atoms with Gasteiger partial charge in [0.1, 0.15) is 50.8 Å². The van der Waals surface area contributed by atoms with Crippen molar-refractivity contribution >= 4 is 46.4 Å². The van der Waals surface area contributed by atoms with Gasteiger partial charge in [-0.25, -0.2) is 0 Å². The number of para-hydroxylation sites is 12. The van der Waals surface area contributed by atoms with E-state index in [0.29, 0.717) is 98.4 Å². The van der Waals surface area contributed by atoms with Crippen molar-refractivity contribution in [3.8, 4) is 46.0 Å². The fourth-order valence-electron chi connectivity index (χ4n) is 15.2. The van der Waals surface area contributed by atoms with Crippen LogP contribution in [0.15, 0.2) is 170 Å². The summed E-state index contributed by atoms with van der Waals surface area (Å²) in [6.07, 6.45) is -2.37. The van der Waals surface area contributed by atoms with E-state index in [-0.39, 0.29) is 50.1 Å². The Hall–Kier alpha value is -10.4. The highest BCUT2D eigenvalue weighted by Gasteiger charge is 2.28. The van der Waals surface area contributed by atoms with Gasteiger partial charge >= 0.3 is 0 Å². The van der Waals surface area contributed by atoms with E-state index in [2.05, 4.69) is 60.5 Å². The first-order valence-electron chi connectivity index (χ1n) is 42.8. The van der Waals surface area contributed by atoms with Crippen LogP contribution in [0, 0.1) is 55.4 Å². The van der Waals surface area contributed by atoms with Crippen molar-refractivity contribution in [2.45, 2.75) is 79.8 Å². The Balaban J connectivity index is 0.000000187. The number of aliphatic hydroxyl groups is 4. The van der Waals surface area contributed by atoms with Gasteiger partial charge in [-0.3, -0.25) is 58.4 Å². The highest BCUT2D eigenvalue weighted by molar-refractivity contribution is 5.96. The van der Waals surface area contributed by atoms with E-state index in [0.717, 1.165) is 172 Å². The Bertz CT molecular complexity index is 3950. The minimum atomic E-state index is -0.594. The maximum Gasteiger partial charge on any atom is 0.238 e. The molecule has 0 saturated carbocycles. The number of ether oxygens (including phenoxy) is 8. The molecule has 4 amide bonds. The van der Waals surface area contributed by atoms with E-state index in [1.165, 1.54) is 0 Å². The number of rotatable bonds is 36. The predicted molar refractivity (Wildman–Crippen MR) is 488 cm³/mol. The first-order chi connectivity index (χ1) is 59.8. The summed E-state index contributed by atoms with van der Waals surface area (Å²) in [5.41, 5.74) is 12.2. The molecule has 4 unspecified atom stereocenters. The molecule has 8 N–H and O–H groups in total. The van der Waals surface area contributed by atoms with Crippen LogP contribution >= 0.6 is 0 Å². The summed E-state index contributed by atoms with van der Waals surface area (Å²) in [4.78, 5) is 67.4. The molecule has 12 rings (SSSR count). The Morgan fingerprint density at radius 3 is 0.565 bits per heavy atom. The maximum atomic E-state index is 12.5. The Kier molecular flexibility index (Phi) is 40.1. The number of β-amino-alcohol motifs (C(OH)–C–C–N with tert-alkyl or cyclic N) is 4. The molecule has 4 saturated heterocycles. The minimum absolute atomic E-state index is 0.0103.